The van der Waals surface area contributed by atoms with Gasteiger partial charge in [-0.3, -0.25) is 4.79 Å². The van der Waals surface area contributed by atoms with Crippen LogP contribution >= 0.6 is 11.8 Å². The third-order valence-electron chi connectivity index (χ3n) is 6.33. The second-order valence-corrected chi connectivity index (χ2v) is 9.41. The number of allylic oxidation sites excluding steroid dienone is 1. The van der Waals surface area contributed by atoms with E-state index in [1.54, 1.807) is 11.8 Å². The standard InChI is InChI=1S/C24H31N3O3S/c1-3-19-20(23(29)30-2)21(27-13-8-14-31-24(27)26-19)17-11-7-12-18(15-17)25-22(28)16-9-5-4-6-10-16/h7,11-12,15-16,21H,3-6,8-10,13-14H2,1-2H3,(H,25,28)/t21-/m0/s1. The van der Waals surface area contributed by atoms with Crippen LogP contribution in [0.15, 0.2) is 40.5 Å². The molecule has 0 unspecified atom stereocenters. The summed E-state index contributed by atoms with van der Waals surface area (Å²) >= 11 is 1.74. The van der Waals surface area contributed by atoms with Gasteiger partial charge in [-0.05, 0) is 43.4 Å². The van der Waals surface area contributed by atoms with E-state index in [1.165, 1.54) is 13.5 Å². The molecular weight excluding hydrogens is 410 g/mol. The van der Waals surface area contributed by atoms with Gasteiger partial charge in [-0.1, -0.05) is 50.1 Å². The molecule has 7 heteroatoms. The SMILES string of the molecule is CCC1=C(C(=O)OC)[C@H](c2cccc(NC(=O)C3CCCCC3)c2)N2CCCSC2=N1. The molecule has 1 aromatic carbocycles. The van der Waals surface area contributed by atoms with E-state index in [4.69, 9.17) is 9.73 Å². The van der Waals surface area contributed by atoms with Crippen LogP contribution in [0.3, 0.4) is 0 Å². The lowest BCUT2D eigenvalue weighted by molar-refractivity contribution is -0.137. The topological polar surface area (TPSA) is 71.0 Å². The minimum absolute atomic E-state index is 0.0986. The Bertz CT molecular complexity index is 905. The predicted octanol–water partition coefficient (Wildman–Crippen LogP) is 4.89. The summed E-state index contributed by atoms with van der Waals surface area (Å²) in [5.74, 6) is 0.900. The summed E-state index contributed by atoms with van der Waals surface area (Å²) in [6.45, 7) is 2.86. The number of rotatable bonds is 5. The normalized spacial score (nSPS) is 21.9. The Morgan fingerprint density at radius 1 is 1.23 bits per heavy atom. The lowest BCUT2D eigenvalue weighted by Crippen LogP contribution is -2.42. The molecule has 1 N–H and O–H groups in total. The van der Waals surface area contributed by atoms with Crippen molar-refractivity contribution in [3.63, 3.8) is 0 Å². The summed E-state index contributed by atoms with van der Waals surface area (Å²) in [4.78, 5) is 32.6. The molecule has 0 aromatic heterocycles. The van der Waals surface area contributed by atoms with Crippen LogP contribution in [0.4, 0.5) is 5.69 Å². The monoisotopic (exact) mass is 441 g/mol. The Labute approximate surface area is 188 Å². The van der Waals surface area contributed by atoms with Gasteiger partial charge in [0.2, 0.25) is 5.91 Å². The molecule has 0 radical (unpaired) electrons. The number of fused-ring (bicyclic) bond motifs is 1. The average molecular weight is 442 g/mol. The Balaban J connectivity index is 1.66. The summed E-state index contributed by atoms with van der Waals surface area (Å²) < 4.78 is 5.16. The molecule has 2 aliphatic heterocycles. The molecule has 166 valence electrons. The van der Waals surface area contributed by atoms with Crippen molar-refractivity contribution >= 4 is 34.5 Å². The van der Waals surface area contributed by atoms with E-state index in [1.807, 2.05) is 31.2 Å². The maximum Gasteiger partial charge on any atom is 0.338 e. The van der Waals surface area contributed by atoms with Crippen LogP contribution in [-0.4, -0.2) is 41.4 Å². The van der Waals surface area contributed by atoms with Crippen molar-refractivity contribution in [1.29, 1.82) is 0 Å². The lowest BCUT2D eigenvalue weighted by atomic mass is 9.88. The van der Waals surface area contributed by atoms with Crippen LogP contribution in [0.25, 0.3) is 0 Å². The Morgan fingerprint density at radius 2 is 2.03 bits per heavy atom. The Hall–Kier alpha value is -2.28. The van der Waals surface area contributed by atoms with Crippen LogP contribution in [0.1, 0.15) is 63.5 Å². The molecular formula is C24H31N3O3S. The number of carbonyl (C=O) groups excluding carboxylic acids is 2. The third kappa shape index (κ3) is 4.66. The molecule has 0 spiro atoms. The maximum absolute atomic E-state index is 12.8. The van der Waals surface area contributed by atoms with Gasteiger partial charge in [0.15, 0.2) is 5.17 Å². The number of thioether (sulfide) groups is 1. The van der Waals surface area contributed by atoms with Crippen LogP contribution in [-0.2, 0) is 14.3 Å². The van der Waals surface area contributed by atoms with Gasteiger partial charge in [-0.25, -0.2) is 9.79 Å². The first kappa shape index (κ1) is 21.9. The first-order valence-corrected chi connectivity index (χ1v) is 12.3. The number of hydrogen-bond acceptors (Lipinski definition) is 6. The molecule has 1 saturated carbocycles. The minimum atomic E-state index is -0.336. The summed E-state index contributed by atoms with van der Waals surface area (Å²) in [7, 11) is 1.42. The summed E-state index contributed by atoms with van der Waals surface area (Å²) in [6, 6.07) is 7.65. The predicted molar refractivity (Wildman–Crippen MR) is 125 cm³/mol. The largest absolute Gasteiger partial charge is 0.466 e. The van der Waals surface area contributed by atoms with Gasteiger partial charge < -0.3 is 15.0 Å². The van der Waals surface area contributed by atoms with Gasteiger partial charge in [-0.2, -0.15) is 0 Å². The Morgan fingerprint density at radius 3 is 2.77 bits per heavy atom. The highest BCUT2D eigenvalue weighted by atomic mass is 32.2. The number of benzene rings is 1. The second kappa shape index (κ2) is 9.90. The highest BCUT2D eigenvalue weighted by Crippen LogP contribution is 2.41. The minimum Gasteiger partial charge on any atom is -0.466 e. The van der Waals surface area contributed by atoms with Gasteiger partial charge in [0, 0.05) is 23.9 Å². The van der Waals surface area contributed by atoms with Crippen molar-refractivity contribution in [2.24, 2.45) is 10.9 Å². The van der Waals surface area contributed by atoms with Gasteiger partial charge in [0.1, 0.15) is 0 Å². The van der Waals surface area contributed by atoms with Crippen molar-refractivity contribution in [3.05, 3.63) is 41.1 Å². The molecule has 1 amide bonds. The van der Waals surface area contributed by atoms with Gasteiger partial charge in [-0.15, -0.1) is 0 Å². The quantitative estimate of drug-likeness (QED) is 0.659. The zero-order chi connectivity index (χ0) is 21.8. The third-order valence-corrected chi connectivity index (χ3v) is 7.41. The van der Waals surface area contributed by atoms with Crippen molar-refractivity contribution in [1.82, 2.24) is 4.90 Å². The fourth-order valence-corrected chi connectivity index (χ4v) is 5.75. The van der Waals surface area contributed by atoms with Crippen LogP contribution in [0.2, 0.25) is 0 Å². The zero-order valence-electron chi connectivity index (χ0n) is 18.4. The van der Waals surface area contributed by atoms with Gasteiger partial charge in [0.25, 0.3) is 0 Å². The number of carbonyl (C=O) groups is 2. The van der Waals surface area contributed by atoms with Crippen LogP contribution in [0, 0.1) is 5.92 Å². The van der Waals surface area contributed by atoms with E-state index in [0.717, 1.165) is 66.5 Å². The number of amidine groups is 1. The number of hydrogen-bond donors (Lipinski definition) is 1. The smallest absolute Gasteiger partial charge is 0.338 e. The summed E-state index contributed by atoms with van der Waals surface area (Å²) in [5, 5.41) is 4.09. The van der Waals surface area contributed by atoms with Crippen LogP contribution in [0.5, 0.6) is 0 Å². The van der Waals surface area contributed by atoms with Crippen molar-refractivity contribution in [2.45, 2.75) is 57.9 Å². The van der Waals surface area contributed by atoms with E-state index < -0.39 is 0 Å². The summed E-state index contributed by atoms with van der Waals surface area (Å²) in [5.41, 5.74) is 3.15. The first-order chi connectivity index (χ1) is 15.1. The number of ether oxygens (including phenoxy) is 1. The molecule has 4 rings (SSSR count). The number of nitrogens with one attached hydrogen (secondary N) is 1. The van der Waals surface area contributed by atoms with E-state index in [0.29, 0.717) is 12.0 Å². The molecule has 1 atom stereocenters. The molecule has 2 heterocycles. The van der Waals surface area contributed by atoms with Crippen molar-refractivity contribution in [2.75, 3.05) is 24.7 Å². The lowest BCUT2D eigenvalue weighted by Gasteiger charge is -2.40. The molecule has 0 bridgehead atoms. The molecule has 2 fully saturated rings. The molecule has 1 saturated heterocycles. The van der Waals surface area contributed by atoms with Crippen molar-refractivity contribution < 1.29 is 14.3 Å². The highest BCUT2D eigenvalue weighted by Gasteiger charge is 2.38. The summed E-state index contributed by atoms with van der Waals surface area (Å²) in [6.07, 6.45) is 7.11. The fourth-order valence-electron chi connectivity index (χ4n) is 4.75. The number of aliphatic imine (C=N–C) groups is 1. The highest BCUT2D eigenvalue weighted by molar-refractivity contribution is 8.13. The van der Waals surface area contributed by atoms with Gasteiger partial charge in [0.05, 0.1) is 24.4 Å². The maximum atomic E-state index is 12.8. The van der Waals surface area contributed by atoms with E-state index >= 15 is 0 Å². The molecule has 31 heavy (non-hydrogen) atoms. The average Bonchev–Trinajstić information content (AvgIpc) is 2.83. The number of anilines is 1. The van der Waals surface area contributed by atoms with Crippen molar-refractivity contribution in [3.8, 4) is 0 Å². The first-order valence-electron chi connectivity index (χ1n) is 11.3. The molecule has 6 nitrogen and oxygen atoms in total. The zero-order valence-corrected chi connectivity index (χ0v) is 19.2. The van der Waals surface area contributed by atoms with Gasteiger partial charge >= 0.3 is 5.97 Å². The molecule has 3 aliphatic rings. The van der Waals surface area contributed by atoms with E-state index in [9.17, 15) is 9.59 Å². The second-order valence-electron chi connectivity index (χ2n) is 8.35. The molecule has 1 aliphatic carbocycles. The van der Waals surface area contributed by atoms with Crippen LogP contribution < -0.4 is 5.32 Å². The Kier molecular flexibility index (Phi) is 7.00. The van der Waals surface area contributed by atoms with E-state index in [-0.39, 0.29) is 23.8 Å². The number of methoxy groups -OCH3 is 1. The molecule has 1 aromatic rings. The number of nitrogens with zero attached hydrogens (tertiary/aromatic N) is 2. The fraction of sp³-hybridized carbons (Fsp3) is 0.542. The van der Waals surface area contributed by atoms with E-state index in [2.05, 4.69) is 10.2 Å². The number of amides is 1. The number of esters is 1.